The average molecular weight is 267 g/mol. The van der Waals surface area contributed by atoms with E-state index in [1.165, 1.54) is 25.3 Å². The summed E-state index contributed by atoms with van der Waals surface area (Å²) in [6.07, 6.45) is -3.26. The van der Waals surface area contributed by atoms with Gasteiger partial charge in [-0.25, -0.2) is 18.6 Å². The van der Waals surface area contributed by atoms with Gasteiger partial charge in [0.25, 0.3) is 0 Å². The van der Waals surface area contributed by atoms with Gasteiger partial charge in [-0.3, -0.25) is 4.79 Å². The lowest BCUT2D eigenvalue weighted by atomic mass is 9.97. The van der Waals surface area contributed by atoms with Crippen molar-refractivity contribution in [3.63, 3.8) is 0 Å². The smallest absolute Gasteiger partial charge is 0.337 e. The van der Waals surface area contributed by atoms with Crippen LogP contribution in [0.15, 0.2) is 23.2 Å². The summed E-state index contributed by atoms with van der Waals surface area (Å²) in [5.74, 6) is -0.951. The molecule has 1 aromatic rings. The fourth-order valence-electron chi connectivity index (χ4n) is 1.87. The summed E-state index contributed by atoms with van der Waals surface area (Å²) in [5, 5.41) is 0. The molecule has 0 aliphatic carbocycles. The first-order valence-electron chi connectivity index (χ1n) is 5.61. The molecule has 1 aromatic carbocycles. The van der Waals surface area contributed by atoms with Crippen LogP contribution in [-0.2, 0) is 16.0 Å². The number of rotatable bonds is 3. The summed E-state index contributed by atoms with van der Waals surface area (Å²) < 4.78 is 29.1. The molecule has 0 fully saturated rings. The number of fused-ring (bicyclic) bond motifs is 1. The molecule has 4 nitrogen and oxygen atoms in total. The first kappa shape index (κ1) is 13.3. The van der Waals surface area contributed by atoms with Crippen molar-refractivity contribution < 1.29 is 23.1 Å². The molecule has 1 heterocycles. The molecule has 0 amide bonds. The summed E-state index contributed by atoms with van der Waals surface area (Å²) in [6, 6.07) is 4.52. The Morgan fingerprint density at radius 1 is 1.47 bits per heavy atom. The van der Waals surface area contributed by atoms with E-state index in [1.807, 2.05) is 0 Å². The van der Waals surface area contributed by atoms with E-state index in [1.54, 1.807) is 0 Å². The molecule has 1 aliphatic rings. The van der Waals surface area contributed by atoms with Crippen LogP contribution >= 0.6 is 0 Å². The van der Waals surface area contributed by atoms with Gasteiger partial charge in [-0.05, 0) is 23.8 Å². The molecule has 0 N–H and O–H groups in total. The van der Waals surface area contributed by atoms with Gasteiger partial charge in [0.05, 0.1) is 30.5 Å². The van der Waals surface area contributed by atoms with Gasteiger partial charge in [0.15, 0.2) is 5.78 Å². The third-order valence-electron chi connectivity index (χ3n) is 2.78. The minimum atomic E-state index is -2.60. The third-order valence-corrected chi connectivity index (χ3v) is 2.78. The monoisotopic (exact) mass is 267 g/mol. The quantitative estimate of drug-likeness (QED) is 0.790. The first-order valence-corrected chi connectivity index (χ1v) is 5.61. The summed E-state index contributed by atoms with van der Waals surface area (Å²) >= 11 is 0. The van der Waals surface area contributed by atoms with Gasteiger partial charge in [-0.2, -0.15) is 0 Å². The van der Waals surface area contributed by atoms with Crippen molar-refractivity contribution in [2.75, 3.05) is 7.11 Å². The largest absolute Gasteiger partial charge is 0.465 e. The molecule has 6 heteroatoms. The molecular weight excluding hydrogens is 256 g/mol. The Balaban J connectivity index is 2.35. The van der Waals surface area contributed by atoms with Crippen molar-refractivity contribution in [2.45, 2.75) is 19.3 Å². The molecule has 0 radical (unpaired) electrons. The SMILES string of the molecule is COC(=O)c1ccc2c(c1)CC(=O)C(CC(F)F)=N2. The summed E-state index contributed by atoms with van der Waals surface area (Å²) in [4.78, 5) is 26.9. The number of hydrogen-bond donors (Lipinski definition) is 0. The number of ketones is 1. The highest BCUT2D eigenvalue weighted by Crippen LogP contribution is 2.27. The molecule has 1 aliphatic heterocycles. The molecule has 0 atom stereocenters. The number of carbonyl (C=O) groups is 2. The normalized spacial score (nSPS) is 14.1. The molecule has 0 saturated heterocycles. The Bertz CT molecular complexity index is 567. The van der Waals surface area contributed by atoms with Gasteiger partial charge >= 0.3 is 5.97 Å². The maximum atomic E-state index is 12.3. The lowest BCUT2D eigenvalue weighted by molar-refractivity contribution is -0.112. The Kier molecular flexibility index (Phi) is 3.69. The second-order valence-corrected chi connectivity index (χ2v) is 4.09. The van der Waals surface area contributed by atoms with Crippen molar-refractivity contribution in [3.8, 4) is 0 Å². The fraction of sp³-hybridized carbons (Fsp3) is 0.308. The number of Topliss-reactive ketones (excluding diaryl/α,β-unsaturated/α-hetero) is 1. The minimum absolute atomic E-state index is 0.0221. The number of esters is 1. The molecule has 0 aromatic heterocycles. The Labute approximate surface area is 108 Å². The Morgan fingerprint density at radius 3 is 2.84 bits per heavy atom. The number of alkyl halides is 2. The van der Waals surface area contributed by atoms with E-state index in [0.717, 1.165) is 0 Å². The number of halogens is 2. The van der Waals surface area contributed by atoms with Crippen LogP contribution in [-0.4, -0.2) is 31.0 Å². The van der Waals surface area contributed by atoms with Crippen LogP contribution in [0.3, 0.4) is 0 Å². The standard InChI is InChI=1S/C13H11F2NO3/c1-19-13(18)7-2-3-9-8(4-7)5-11(17)10(16-9)6-12(14)15/h2-4,12H,5-6H2,1H3. The zero-order valence-corrected chi connectivity index (χ0v) is 10.2. The second-order valence-electron chi connectivity index (χ2n) is 4.09. The van der Waals surface area contributed by atoms with Crippen LogP contribution in [0.2, 0.25) is 0 Å². The van der Waals surface area contributed by atoms with Crippen LogP contribution in [0, 0.1) is 0 Å². The molecular formula is C13H11F2NO3. The third kappa shape index (κ3) is 2.83. The van der Waals surface area contributed by atoms with Crippen LogP contribution in [0.5, 0.6) is 0 Å². The first-order chi connectivity index (χ1) is 9.01. The predicted octanol–water partition coefficient (Wildman–Crippen LogP) is 2.33. The summed E-state index contributed by atoms with van der Waals surface area (Å²) in [6.45, 7) is 0. The van der Waals surface area contributed by atoms with Gasteiger partial charge in [-0.15, -0.1) is 0 Å². The Morgan fingerprint density at radius 2 is 2.21 bits per heavy atom. The van der Waals surface area contributed by atoms with E-state index in [-0.39, 0.29) is 12.1 Å². The minimum Gasteiger partial charge on any atom is -0.465 e. The number of aliphatic imine (C=N–C) groups is 1. The van der Waals surface area contributed by atoms with Gasteiger partial charge < -0.3 is 4.74 Å². The zero-order chi connectivity index (χ0) is 14.0. The second kappa shape index (κ2) is 5.26. The van der Waals surface area contributed by atoms with Crippen molar-refractivity contribution in [1.29, 1.82) is 0 Å². The van der Waals surface area contributed by atoms with Crippen LogP contribution in [0.4, 0.5) is 14.5 Å². The van der Waals surface area contributed by atoms with E-state index in [9.17, 15) is 18.4 Å². The topological polar surface area (TPSA) is 55.7 Å². The van der Waals surface area contributed by atoms with Crippen molar-refractivity contribution in [2.24, 2.45) is 4.99 Å². The lowest BCUT2D eigenvalue weighted by Gasteiger charge is -2.15. The van der Waals surface area contributed by atoms with Gasteiger partial charge in [0, 0.05) is 6.42 Å². The van der Waals surface area contributed by atoms with Crippen LogP contribution in [0.25, 0.3) is 0 Å². The fourth-order valence-corrected chi connectivity index (χ4v) is 1.87. The molecule has 0 unspecified atom stereocenters. The summed E-state index contributed by atoms with van der Waals surface area (Å²) in [7, 11) is 1.26. The van der Waals surface area contributed by atoms with Crippen molar-refractivity contribution in [3.05, 3.63) is 29.3 Å². The van der Waals surface area contributed by atoms with E-state index in [2.05, 4.69) is 9.73 Å². The van der Waals surface area contributed by atoms with Crippen molar-refractivity contribution in [1.82, 2.24) is 0 Å². The maximum absolute atomic E-state index is 12.3. The molecule has 0 spiro atoms. The molecule has 0 bridgehead atoms. The highest BCUT2D eigenvalue weighted by molar-refractivity contribution is 6.41. The number of hydrogen-bond acceptors (Lipinski definition) is 4. The van der Waals surface area contributed by atoms with Gasteiger partial charge in [-0.1, -0.05) is 0 Å². The number of carbonyl (C=O) groups excluding carboxylic acids is 2. The van der Waals surface area contributed by atoms with E-state index >= 15 is 0 Å². The molecule has 19 heavy (non-hydrogen) atoms. The van der Waals surface area contributed by atoms with E-state index < -0.39 is 24.6 Å². The van der Waals surface area contributed by atoms with E-state index in [0.29, 0.717) is 16.8 Å². The number of nitrogens with zero attached hydrogens (tertiary/aromatic N) is 1. The zero-order valence-electron chi connectivity index (χ0n) is 10.2. The lowest BCUT2D eigenvalue weighted by Crippen LogP contribution is -2.22. The Hall–Kier alpha value is -2.11. The van der Waals surface area contributed by atoms with Gasteiger partial charge in [0.1, 0.15) is 0 Å². The number of benzene rings is 1. The van der Waals surface area contributed by atoms with Gasteiger partial charge in [0.2, 0.25) is 6.43 Å². The predicted molar refractivity (Wildman–Crippen MR) is 64.2 cm³/mol. The highest BCUT2D eigenvalue weighted by atomic mass is 19.3. The molecule has 2 rings (SSSR count). The van der Waals surface area contributed by atoms with E-state index in [4.69, 9.17) is 0 Å². The van der Waals surface area contributed by atoms with Crippen molar-refractivity contribution >= 4 is 23.2 Å². The highest BCUT2D eigenvalue weighted by Gasteiger charge is 2.23. The van der Waals surface area contributed by atoms with Crippen LogP contribution < -0.4 is 0 Å². The number of methoxy groups -OCH3 is 1. The molecule has 0 saturated carbocycles. The summed E-state index contributed by atoms with van der Waals surface area (Å²) in [5.41, 5.74) is 1.18. The van der Waals surface area contributed by atoms with Crippen LogP contribution in [0.1, 0.15) is 22.3 Å². The molecule has 100 valence electrons. The number of ether oxygens (including phenoxy) is 1. The maximum Gasteiger partial charge on any atom is 0.337 e. The average Bonchev–Trinajstić information content (AvgIpc) is 2.37.